The highest BCUT2D eigenvalue weighted by molar-refractivity contribution is 7.86. The molecule has 0 saturated carbocycles. The molecule has 2 aromatic carbocycles. The maximum atomic E-state index is 12.3. The van der Waals surface area contributed by atoms with E-state index in [4.69, 9.17) is 9.02 Å². The fourth-order valence-corrected chi connectivity index (χ4v) is 3.71. The van der Waals surface area contributed by atoms with Crippen molar-refractivity contribution in [2.75, 3.05) is 13.1 Å². The Morgan fingerprint density at radius 1 is 0.962 bits per heavy atom. The lowest BCUT2D eigenvalue weighted by molar-refractivity contribution is -0.114. The summed E-state index contributed by atoms with van der Waals surface area (Å²) < 4.78 is 35.6. The number of ether oxygens (including phenoxy) is 1. The van der Waals surface area contributed by atoms with Crippen molar-refractivity contribution >= 4 is 10.1 Å². The molecule has 3 rings (SSSR count). The van der Waals surface area contributed by atoms with Gasteiger partial charge < -0.3 is 4.74 Å². The van der Waals surface area contributed by atoms with E-state index in [1.54, 1.807) is 24.3 Å². The van der Waals surface area contributed by atoms with Gasteiger partial charge in [-0.25, -0.2) is 0 Å². The maximum Gasteiger partial charge on any atom is 0.313 e. The topological polar surface area (TPSA) is 55.8 Å². The Morgan fingerprint density at radius 2 is 1.54 bits per heavy atom. The van der Waals surface area contributed by atoms with Gasteiger partial charge in [0.15, 0.2) is 0 Å². The van der Waals surface area contributed by atoms with Crippen LogP contribution in [0.5, 0.6) is 5.75 Å². The smallest absolute Gasteiger partial charge is 0.313 e. The van der Waals surface area contributed by atoms with Crippen LogP contribution in [0.15, 0.2) is 53.4 Å². The van der Waals surface area contributed by atoms with E-state index in [-0.39, 0.29) is 16.4 Å². The van der Waals surface area contributed by atoms with Crippen LogP contribution in [0.3, 0.4) is 0 Å². The van der Waals surface area contributed by atoms with Crippen molar-refractivity contribution in [3.05, 3.63) is 59.7 Å². The third-order valence-corrected chi connectivity index (χ3v) is 5.39. The van der Waals surface area contributed by atoms with Crippen molar-refractivity contribution in [2.45, 2.75) is 44.1 Å². The summed E-state index contributed by atoms with van der Waals surface area (Å²) in [7, 11) is -3.76. The highest BCUT2D eigenvalue weighted by atomic mass is 32.2. The highest BCUT2D eigenvalue weighted by Crippen LogP contribution is 2.30. The minimum Gasteiger partial charge on any atom is -0.488 e. The van der Waals surface area contributed by atoms with E-state index in [1.807, 2.05) is 52.0 Å². The molecule has 0 unspecified atom stereocenters. The zero-order valence-corrected chi connectivity index (χ0v) is 16.4. The first-order valence-electron chi connectivity index (χ1n) is 8.68. The van der Waals surface area contributed by atoms with Crippen LogP contribution < -0.4 is 4.74 Å². The van der Waals surface area contributed by atoms with Gasteiger partial charge in [-0.05, 0) is 57.5 Å². The second kappa shape index (κ2) is 7.02. The van der Waals surface area contributed by atoms with Crippen molar-refractivity contribution in [2.24, 2.45) is 0 Å². The highest BCUT2D eigenvalue weighted by Gasteiger charge is 2.33. The predicted molar refractivity (Wildman–Crippen MR) is 101 cm³/mol. The SMILES string of the molecule is Cc1ccc(S(=O)(=O)ON2CC(c3ccc(OC(C)(C)C)cc3)C2)cc1. The molecule has 2 aromatic rings. The average molecular weight is 375 g/mol. The zero-order valence-electron chi connectivity index (χ0n) is 15.6. The van der Waals surface area contributed by atoms with E-state index >= 15 is 0 Å². The van der Waals surface area contributed by atoms with Crippen molar-refractivity contribution in [1.29, 1.82) is 0 Å². The zero-order chi connectivity index (χ0) is 18.9. The fraction of sp³-hybridized carbons (Fsp3) is 0.400. The first-order valence-corrected chi connectivity index (χ1v) is 10.1. The van der Waals surface area contributed by atoms with Crippen LogP contribution in [0.4, 0.5) is 0 Å². The van der Waals surface area contributed by atoms with Gasteiger partial charge in [0.05, 0.1) is 4.90 Å². The second-order valence-electron chi connectivity index (χ2n) is 7.67. The monoisotopic (exact) mass is 375 g/mol. The summed E-state index contributed by atoms with van der Waals surface area (Å²) in [5.41, 5.74) is 1.93. The molecule has 1 saturated heterocycles. The third-order valence-electron chi connectivity index (χ3n) is 4.14. The Bertz CT molecular complexity index is 846. The van der Waals surface area contributed by atoms with E-state index in [0.717, 1.165) is 16.9 Å². The molecule has 26 heavy (non-hydrogen) atoms. The van der Waals surface area contributed by atoms with Gasteiger partial charge in [-0.2, -0.15) is 17.8 Å². The molecule has 140 valence electrons. The van der Waals surface area contributed by atoms with Gasteiger partial charge in [0.1, 0.15) is 11.4 Å². The summed E-state index contributed by atoms with van der Waals surface area (Å²) in [6.45, 7) is 9.04. The molecule has 1 fully saturated rings. The molecule has 0 N–H and O–H groups in total. The van der Waals surface area contributed by atoms with Crippen molar-refractivity contribution in [3.8, 4) is 5.75 Å². The minimum atomic E-state index is -3.76. The summed E-state index contributed by atoms with van der Waals surface area (Å²) in [6.07, 6.45) is 0. The van der Waals surface area contributed by atoms with Crippen LogP contribution in [0.2, 0.25) is 0 Å². The Morgan fingerprint density at radius 3 is 2.08 bits per heavy atom. The Labute approximate surface area is 155 Å². The van der Waals surface area contributed by atoms with Gasteiger partial charge in [0, 0.05) is 19.0 Å². The van der Waals surface area contributed by atoms with Gasteiger partial charge >= 0.3 is 10.1 Å². The normalized spacial score (nSPS) is 16.3. The number of benzene rings is 2. The lowest BCUT2D eigenvalue weighted by atomic mass is 9.93. The second-order valence-corrected chi connectivity index (χ2v) is 9.20. The van der Waals surface area contributed by atoms with Gasteiger partial charge in [0.2, 0.25) is 0 Å². The van der Waals surface area contributed by atoms with Gasteiger partial charge in [0.25, 0.3) is 0 Å². The molecule has 1 aliphatic heterocycles. The Balaban J connectivity index is 1.56. The molecule has 0 bridgehead atoms. The number of nitrogens with zero attached hydrogens (tertiary/aromatic N) is 1. The molecule has 0 spiro atoms. The molecule has 1 heterocycles. The van der Waals surface area contributed by atoms with Crippen LogP contribution in [0.1, 0.15) is 37.8 Å². The van der Waals surface area contributed by atoms with E-state index in [1.165, 1.54) is 5.06 Å². The Kier molecular flexibility index (Phi) is 5.10. The summed E-state index contributed by atoms with van der Waals surface area (Å²) >= 11 is 0. The maximum absolute atomic E-state index is 12.3. The van der Waals surface area contributed by atoms with Crippen molar-refractivity contribution in [1.82, 2.24) is 5.06 Å². The molecular weight excluding hydrogens is 350 g/mol. The van der Waals surface area contributed by atoms with Crippen molar-refractivity contribution in [3.63, 3.8) is 0 Å². The van der Waals surface area contributed by atoms with Crippen LogP contribution in [0.25, 0.3) is 0 Å². The fourth-order valence-electron chi connectivity index (χ4n) is 2.76. The van der Waals surface area contributed by atoms with Gasteiger partial charge in [-0.1, -0.05) is 29.8 Å². The van der Waals surface area contributed by atoms with E-state index in [9.17, 15) is 8.42 Å². The molecule has 0 aliphatic carbocycles. The summed E-state index contributed by atoms with van der Waals surface area (Å²) in [5, 5.41) is 1.49. The summed E-state index contributed by atoms with van der Waals surface area (Å²) in [4.78, 5) is 0.176. The van der Waals surface area contributed by atoms with E-state index in [0.29, 0.717) is 13.1 Å². The quantitative estimate of drug-likeness (QED) is 0.793. The van der Waals surface area contributed by atoms with Crippen molar-refractivity contribution < 1.29 is 17.4 Å². The number of rotatable bonds is 5. The molecule has 0 radical (unpaired) electrons. The average Bonchev–Trinajstić information content (AvgIpc) is 2.50. The Hall–Kier alpha value is -1.89. The van der Waals surface area contributed by atoms with E-state index < -0.39 is 10.1 Å². The van der Waals surface area contributed by atoms with Crippen LogP contribution in [0, 0.1) is 6.92 Å². The summed E-state index contributed by atoms with van der Waals surface area (Å²) in [6, 6.07) is 14.6. The largest absolute Gasteiger partial charge is 0.488 e. The third kappa shape index (κ3) is 4.63. The van der Waals surface area contributed by atoms with Crippen LogP contribution in [-0.4, -0.2) is 32.2 Å². The first-order chi connectivity index (χ1) is 12.1. The lowest BCUT2D eigenvalue weighted by Crippen LogP contribution is -2.45. The molecular formula is C20H25NO4S. The lowest BCUT2D eigenvalue weighted by Gasteiger charge is -2.37. The van der Waals surface area contributed by atoms with Gasteiger partial charge in [-0.3, -0.25) is 0 Å². The number of hydrogen-bond acceptors (Lipinski definition) is 5. The van der Waals surface area contributed by atoms with E-state index in [2.05, 4.69) is 0 Å². The molecule has 0 atom stereocenters. The number of aryl methyl sites for hydroxylation is 1. The van der Waals surface area contributed by atoms with Gasteiger partial charge in [-0.15, -0.1) is 0 Å². The first kappa shape index (κ1) is 18.9. The molecule has 1 aliphatic rings. The minimum absolute atomic E-state index is 0.176. The molecule has 0 amide bonds. The standard InChI is InChI=1S/C20H25NO4S/c1-15-5-11-19(12-6-15)26(22,23)25-21-13-17(14-21)16-7-9-18(10-8-16)24-20(2,3)4/h5-12,17H,13-14H2,1-4H3. The number of hydrogen-bond donors (Lipinski definition) is 0. The van der Waals surface area contributed by atoms with Crippen LogP contribution >= 0.6 is 0 Å². The number of hydroxylamine groups is 2. The molecule has 6 heteroatoms. The molecule has 0 aromatic heterocycles. The van der Waals surface area contributed by atoms with Crippen LogP contribution in [-0.2, 0) is 14.4 Å². The molecule has 5 nitrogen and oxygen atoms in total. The predicted octanol–water partition coefficient (Wildman–Crippen LogP) is 3.89. The summed E-state index contributed by atoms with van der Waals surface area (Å²) in [5.74, 6) is 1.09.